The number of carbonyl (C=O) groups is 1. The lowest BCUT2D eigenvalue weighted by Crippen LogP contribution is -2.31. The van der Waals surface area contributed by atoms with E-state index in [-0.39, 0.29) is 11.9 Å². The standard InChI is InChI=1S/C19H22N4OS/c1-13-7-8-15(14(2)12-13)19(24)20-16(9-11-25-3)18-22-21-17-6-4-5-10-23(17)18/h4-8,10,12,16H,9,11H2,1-3H3,(H,20,24). The highest BCUT2D eigenvalue weighted by Gasteiger charge is 2.21. The van der Waals surface area contributed by atoms with Gasteiger partial charge in [0.15, 0.2) is 11.5 Å². The van der Waals surface area contributed by atoms with Crippen molar-refractivity contribution in [2.24, 2.45) is 0 Å². The second kappa shape index (κ2) is 7.70. The zero-order chi connectivity index (χ0) is 17.8. The maximum absolute atomic E-state index is 12.8. The number of rotatable bonds is 6. The summed E-state index contributed by atoms with van der Waals surface area (Å²) in [5, 5.41) is 11.7. The summed E-state index contributed by atoms with van der Waals surface area (Å²) in [6.45, 7) is 3.99. The Kier molecular flexibility index (Phi) is 5.38. The number of nitrogens with one attached hydrogen (secondary N) is 1. The number of fused-ring (bicyclic) bond motifs is 1. The fourth-order valence-corrected chi connectivity index (χ4v) is 3.37. The quantitative estimate of drug-likeness (QED) is 0.735. The second-order valence-electron chi connectivity index (χ2n) is 6.11. The van der Waals surface area contributed by atoms with Crippen LogP contribution in [0.1, 0.15) is 39.8 Å². The van der Waals surface area contributed by atoms with Crippen LogP contribution in [0.5, 0.6) is 0 Å². The predicted molar refractivity (Wildman–Crippen MR) is 102 cm³/mol. The Hall–Kier alpha value is -2.34. The van der Waals surface area contributed by atoms with Crippen molar-refractivity contribution in [1.82, 2.24) is 19.9 Å². The lowest BCUT2D eigenvalue weighted by molar-refractivity contribution is 0.0933. The summed E-state index contributed by atoms with van der Waals surface area (Å²) in [4.78, 5) is 12.8. The first kappa shape index (κ1) is 17.5. The Morgan fingerprint density at radius 1 is 1.24 bits per heavy atom. The van der Waals surface area contributed by atoms with Gasteiger partial charge in [-0.2, -0.15) is 11.8 Å². The molecule has 3 aromatic rings. The molecule has 6 heteroatoms. The van der Waals surface area contributed by atoms with Crippen molar-refractivity contribution < 1.29 is 4.79 Å². The minimum absolute atomic E-state index is 0.0729. The van der Waals surface area contributed by atoms with Crippen molar-refractivity contribution in [3.8, 4) is 0 Å². The SMILES string of the molecule is CSCCC(NC(=O)c1ccc(C)cc1C)c1nnc2ccccn12. The van der Waals surface area contributed by atoms with Crippen LogP contribution < -0.4 is 5.32 Å². The molecule has 0 fully saturated rings. The fraction of sp³-hybridized carbons (Fsp3) is 0.316. The van der Waals surface area contributed by atoms with E-state index in [0.29, 0.717) is 5.56 Å². The normalized spacial score (nSPS) is 12.3. The number of aryl methyl sites for hydroxylation is 2. The molecule has 2 aromatic heterocycles. The molecule has 1 unspecified atom stereocenters. The van der Waals surface area contributed by atoms with Crippen molar-refractivity contribution in [3.05, 3.63) is 65.1 Å². The van der Waals surface area contributed by atoms with Crippen molar-refractivity contribution in [2.45, 2.75) is 26.3 Å². The van der Waals surface area contributed by atoms with Gasteiger partial charge in [0, 0.05) is 11.8 Å². The summed E-state index contributed by atoms with van der Waals surface area (Å²) in [6, 6.07) is 11.5. The number of pyridine rings is 1. The lowest BCUT2D eigenvalue weighted by Gasteiger charge is -2.18. The summed E-state index contributed by atoms with van der Waals surface area (Å²) >= 11 is 1.75. The largest absolute Gasteiger partial charge is 0.342 e. The van der Waals surface area contributed by atoms with Crippen molar-refractivity contribution in [3.63, 3.8) is 0 Å². The van der Waals surface area contributed by atoms with E-state index in [0.717, 1.165) is 34.8 Å². The third kappa shape index (κ3) is 3.85. The number of nitrogens with zero attached hydrogens (tertiary/aromatic N) is 3. The number of hydrogen-bond acceptors (Lipinski definition) is 4. The highest BCUT2D eigenvalue weighted by atomic mass is 32.2. The van der Waals surface area contributed by atoms with Crippen LogP contribution >= 0.6 is 11.8 Å². The summed E-state index contributed by atoms with van der Waals surface area (Å²) in [6.07, 6.45) is 4.79. The Morgan fingerprint density at radius 2 is 2.08 bits per heavy atom. The maximum Gasteiger partial charge on any atom is 0.252 e. The summed E-state index contributed by atoms with van der Waals surface area (Å²) < 4.78 is 1.94. The van der Waals surface area contributed by atoms with Gasteiger partial charge < -0.3 is 5.32 Å². The number of hydrogen-bond donors (Lipinski definition) is 1. The Labute approximate surface area is 151 Å². The van der Waals surface area contributed by atoms with Crippen molar-refractivity contribution in [2.75, 3.05) is 12.0 Å². The van der Waals surface area contributed by atoms with E-state index < -0.39 is 0 Å². The number of amides is 1. The molecule has 0 aliphatic heterocycles. The first-order valence-electron chi connectivity index (χ1n) is 8.27. The lowest BCUT2D eigenvalue weighted by atomic mass is 10.0. The Morgan fingerprint density at radius 3 is 2.84 bits per heavy atom. The summed E-state index contributed by atoms with van der Waals surface area (Å²) in [5.41, 5.74) is 3.62. The van der Waals surface area contributed by atoms with Crippen molar-refractivity contribution >= 4 is 23.3 Å². The van der Waals surface area contributed by atoms with E-state index in [9.17, 15) is 4.79 Å². The zero-order valence-corrected chi connectivity index (χ0v) is 15.5. The van der Waals surface area contributed by atoms with E-state index in [2.05, 4.69) is 21.8 Å². The smallest absolute Gasteiger partial charge is 0.252 e. The molecule has 0 saturated heterocycles. The Balaban J connectivity index is 1.89. The number of carbonyl (C=O) groups excluding carboxylic acids is 1. The molecule has 1 aromatic carbocycles. The molecule has 0 spiro atoms. The molecule has 0 radical (unpaired) electrons. The van der Waals surface area contributed by atoms with E-state index >= 15 is 0 Å². The average Bonchev–Trinajstić information content (AvgIpc) is 3.02. The molecule has 1 atom stereocenters. The van der Waals surface area contributed by atoms with Crippen molar-refractivity contribution in [1.29, 1.82) is 0 Å². The van der Waals surface area contributed by atoms with E-state index in [4.69, 9.17) is 0 Å². The molecule has 25 heavy (non-hydrogen) atoms. The van der Waals surface area contributed by atoms with Gasteiger partial charge in [0.25, 0.3) is 5.91 Å². The van der Waals surface area contributed by atoms with Gasteiger partial charge in [-0.25, -0.2) is 0 Å². The number of aromatic nitrogens is 3. The predicted octanol–water partition coefficient (Wildman–Crippen LogP) is 3.57. The van der Waals surface area contributed by atoms with Crippen LogP contribution in [0.4, 0.5) is 0 Å². The fourth-order valence-electron chi connectivity index (χ4n) is 2.90. The van der Waals surface area contributed by atoms with Gasteiger partial charge >= 0.3 is 0 Å². The highest BCUT2D eigenvalue weighted by molar-refractivity contribution is 7.98. The summed E-state index contributed by atoms with van der Waals surface area (Å²) in [7, 11) is 0. The molecule has 1 N–H and O–H groups in total. The molecule has 130 valence electrons. The van der Waals surface area contributed by atoms with Gasteiger partial charge in [-0.15, -0.1) is 10.2 Å². The molecule has 0 aliphatic rings. The first-order chi connectivity index (χ1) is 12.1. The van der Waals surface area contributed by atoms with Crippen LogP contribution in [0.2, 0.25) is 0 Å². The van der Waals surface area contributed by atoms with Gasteiger partial charge in [0.2, 0.25) is 0 Å². The molecule has 0 saturated carbocycles. The number of benzene rings is 1. The van der Waals surface area contributed by atoms with Gasteiger partial charge in [-0.05, 0) is 56.0 Å². The third-order valence-electron chi connectivity index (χ3n) is 4.19. The van der Waals surface area contributed by atoms with Crippen LogP contribution in [0.3, 0.4) is 0 Å². The topological polar surface area (TPSA) is 59.3 Å². The second-order valence-corrected chi connectivity index (χ2v) is 7.10. The van der Waals surface area contributed by atoms with Gasteiger partial charge in [0.1, 0.15) is 0 Å². The van der Waals surface area contributed by atoms with Crippen LogP contribution in [0.25, 0.3) is 5.65 Å². The van der Waals surface area contributed by atoms with Gasteiger partial charge in [-0.3, -0.25) is 9.20 Å². The van der Waals surface area contributed by atoms with Crippen LogP contribution in [-0.4, -0.2) is 32.5 Å². The molecule has 2 heterocycles. The minimum Gasteiger partial charge on any atom is -0.342 e. The molecule has 0 aliphatic carbocycles. The first-order valence-corrected chi connectivity index (χ1v) is 9.66. The average molecular weight is 354 g/mol. The molecule has 0 bridgehead atoms. The minimum atomic E-state index is -0.182. The molecule has 1 amide bonds. The third-order valence-corrected chi connectivity index (χ3v) is 4.84. The molecular weight excluding hydrogens is 332 g/mol. The molecule has 3 rings (SSSR count). The summed E-state index contributed by atoms with van der Waals surface area (Å²) in [5.74, 6) is 1.62. The van der Waals surface area contributed by atoms with Gasteiger partial charge in [0.05, 0.1) is 6.04 Å². The van der Waals surface area contributed by atoms with E-state index in [1.54, 1.807) is 11.8 Å². The Bertz CT molecular complexity index is 890. The van der Waals surface area contributed by atoms with Crippen LogP contribution in [0.15, 0.2) is 42.6 Å². The molecule has 5 nitrogen and oxygen atoms in total. The molecular formula is C19H22N4OS. The van der Waals surface area contributed by atoms with E-state index in [1.165, 1.54) is 0 Å². The highest BCUT2D eigenvalue weighted by Crippen LogP contribution is 2.20. The van der Waals surface area contributed by atoms with Gasteiger partial charge in [-0.1, -0.05) is 23.8 Å². The maximum atomic E-state index is 12.8. The van der Waals surface area contributed by atoms with E-state index in [1.807, 2.05) is 60.8 Å². The zero-order valence-electron chi connectivity index (χ0n) is 14.7. The number of thioether (sulfide) groups is 1. The van der Waals surface area contributed by atoms with Crippen LogP contribution in [0, 0.1) is 13.8 Å². The van der Waals surface area contributed by atoms with Crippen LogP contribution in [-0.2, 0) is 0 Å². The monoisotopic (exact) mass is 354 g/mol.